The molecule has 0 saturated carbocycles. The zero-order chi connectivity index (χ0) is 14.0. The molecule has 1 aliphatic heterocycles. The lowest BCUT2D eigenvalue weighted by Crippen LogP contribution is -2.33. The van der Waals surface area contributed by atoms with Gasteiger partial charge >= 0.3 is 0 Å². The first kappa shape index (κ1) is 13.6. The Labute approximate surface area is 113 Å². The second-order valence-electron chi connectivity index (χ2n) is 4.94. The number of likely N-dealkylation sites (tertiary alicyclic amines) is 1. The van der Waals surface area contributed by atoms with Gasteiger partial charge in [0.1, 0.15) is 12.4 Å². The summed E-state index contributed by atoms with van der Waals surface area (Å²) in [6.45, 7) is 6.74. The molecule has 1 heterocycles. The summed E-state index contributed by atoms with van der Waals surface area (Å²) >= 11 is 0. The largest absolute Gasteiger partial charge is 0.491 e. The van der Waals surface area contributed by atoms with Gasteiger partial charge in [-0.1, -0.05) is 12.1 Å². The molecule has 0 bridgehead atoms. The van der Waals surface area contributed by atoms with Gasteiger partial charge in [-0.05, 0) is 37.5 Å². The zero-order valence-electron chi connectivity index (χ0n) is 11.7. The number of hydrogen-bond donors (Lipinski definition) is 0. The lowest BCUT2D eigenvalue weighted by molar-refractivity contribution is -0.138. The van der Waals surface area contributed by atoms with E-state index < -0.39 is 0 Å². The Kier molecular flexibility index (Phi) is 3.88. The summed E-state index contributed by atoms with van der Waals surface area (Å²) in [6.07, 6.45) is 0.669. The van der Waals surface area contributed by atoms with Crippen LogP contribution >= 0.6 is 0 Å². The molecule has 0 atom stereocenters. The third kappa shape index (κ3) is 2.78. The molecule has 0 radical (unpaired) electrons. The summed E-state index contributed by atoms with van der Waals surface area (Å²) in [5.41, 5.74) is 3.36. The number of ether oxygens (including phenoxy) is 1. The first-order valence-corrected chi connectivity index (χ1v) is 6.53. The molecule has 1 fully saturated rings. The van der Waals surface area contributed by atoms with Gasteiger partial charge in [0, 0.05) is 12.8 Å². The number of amides is 2. The van der Waals surface area contributed by atoms with Crippen LogP contribution in [0.25, 0.3) is 0 Å². The Balaban J connectivity index is 1.98. The van der Waals surface area contributed by atoms with Crippen molar-refractivity contribution in [1.82, 2.24) is 4.90 Å². The fourth-order valence-electron chi connectivity index (χ4n) is 2.26. The smallest absolute Gasteiger partial charge is 0.229 e. The lowest BCUT2D eigenvalue weighted by Gasteiger charge is -2.17. The highest BCUT2D eigenvalue weighted by atomic mass is 16.5. The van der Waals surface area contributed by atoms with Gasteiger partial charge in [0.05, 0.1) is 6.54 Å². The molecule has 4 nitrogen and oxygen atoms in total. The molecule has 1 aromatic carbocycles. The number of rotatable bonds is 4. The number of carbonyl (C=O) groups excluding carboxylic acids is 2. The van der Waals surface area contributed by atoms with Crippen molar-refractivity contribution in [3.8, 4) is 5.75 Å². The number of nitrogens with zero attached hydrogens (tertiary/aromatic N) is 1. The first-order chi connectivity index (χ1) is 9.00. The maximum Gasteiger partial charge on any atom is 0.229 e. The minimum Gasteiger partial charge on any atom is -0.491 e. The van der Waals surface area contributed by atoms with Crippen molar-refractivity contribution in [3.05, 3.63) is 28.8 Å². The van der Waals surface area contributed by atoms with Gasteiger partial charge in [-0.3, -0.25) is 14.5 Å². The molecular formula is C15H19NO3. The first-order valence-electron chi connectivity index (χ1n) is 6.53. The monoisotopic (exact) mass is 261 g/mol. The molecule has 4 heteroatoms. The Bertz CT molecular complexity index is 506. The van der Waals surface area contributed by atoms with E-state index in [1.165, 1.54) is 10.5 Å². The Morgan fingerprint density at radius 2 is 1.63 bits per heavy atom. The molecule has 0 spiro atoms. The number of aryl methyl sites for hydroxylation is 2. The fraction of sp³-hybridized carbons (Fsp3) is 0.467. The van der Waals surface area contributed by atoms with Crippen LogP contribution in [0.15, 0.2) is 12.1 Å². The number of benzene rings is 1. The second kappa shape index (κ2) is 5.43. The highest BCUT2D eigenvalue weighted by Crippen LogP contribution is 2.25. The fourth-order valence-corrected chi connectivity index (χ4v) is 2.26. The highest BCUT2D eigenvalue weighted by Gasteiger charge is 2.28. The molecule has 2 amide bonds. The van der Waals surface area contributed by atoms with E-state index >= 15 is 0 Å². The summed E-state index contributed by atoms with van der Waals surface area (Å²) < 4.78 is 5.76. The zero-order valence-corrected chi connectivity index (χ0v) is 11.7. The van der Waals surface area contributed by atoms with E-state index in [1.807, 2.05) is 26.8 Å². The van der Waals surface area contributed by atoms with Crippen molar-refractivity contribution in [2.45, 2.75) is 33.6 Å². The SMILES string of the molecule is Cc1ccc(C)c(OCCN2C(=O)CCC2=O)c1C. The third-order valence-corrected chi connectivity index (χ3v) is 3.59. The lowest BCUT2D eigenvalue weighted by atomic mass is 10.1. The van der Waals surface area contributed by atoms with Gasteiger partial charge < -0.3 is 4.74 Å². The highest BCUT2D eigenvalue weighted by molar-refractivity contribution is 6.01. The van der Waals surface area contributed by atoms with E-state index in [2.05, 4.69) is 6.07 Å². The molecule has 1 aliphatic rings. The van der Waals surface area contributed by atoms with Crippen LogP contribution in [0.4, 0.5) is 0 Å². The standard InChI is InChI=1S/C15H19NO3/c1-10-4-5-11(2)15(12(10)3)19-9-8-16-13(17)6-7-14(16)18/h4-5H,6-9H2,1-3H3. The van der Waals surface area contributed by atoms with Crippen LogP contribution < -0.4 is 4.74 Å². The molecule has 0 N–H and O–H groups in total. The Morgan fingerprint density at radius 3 is 2.26 bits per heavy atom. The molecule has 102 valence electrons. The van der Waals surface area contributed by atoms with Crippen molar-refractivity contribution in [1.29, 1.82) is 0 Å². The molecule has 0 aliphatic carbocycles. The van der Waals surface area contributed by atoms with Gasteiger partial charge in [-0.25, -0.2) is 0 Å². The van der Waals surface area contributed by atoms with Gasteiger partial charge in [0.15, 0.2) is 0 Å². The molecule has 0 aromatic heterocycles. The normalized spacial score (nSPS) is 15.2. The van der Waals surface area contributed by atoms with Gasteiger partial charge in [-0.2, -0.15) is 0 Å². The van der Waals surface area contributed by atoms with Crippen molar-refractivity contribution in [3.63, 3.8) is 0 Å². The molecule has 0 unspecified atom stereocenters. The van der Waals surface area contributed by atoms with Crippen LogP contribution in [0.1, 0.15) is 29.5 Å². The summed E-state index contributed by atoms with van der Waals surface area (Å²) in [5.74, 6) is 0.677. The van der Waals surface area contributed by atoms with E-state index in [0.717, 1.165) is 16.9 Å². The van der Waals surface area contributed by atoms with Crippen molar-refractivity contribution < 1.29 is 14.3 Å². The molecular weight excluding hydrogens is 242 g/mol. The third-order valence-electron chi connectivity index (χ3n) is 3.59. The van der Waals surface area contributed by atoms with Crippen LogP contribution in [-0.2, 0) is 9.59 Å². The van der Waals surface area contributed by atoms with Crippen molar-refractivity contribution >= 4 is 11.8 Å². The maximum absolute atomic E-state index is 11.5. The summed E-state index contributed by atoms with van der Waals surface area (Å²) in [7, 11) is 0. The summed E-state index contributed by atoms with van der Waals surface area (Å²) in [5, 5.41) is 0. The Hall–Kier alpha value is -1.84. The molecule has 2 rings (SSSR count). The maximum atomic E-state index is 11.5. The number of hydrogen-bond acceptors (Lipinski definition) is 3. The Morgan fingerprint density at radius 1 is 1.05 bits per heavy atom. The van der Waals surface area contributed by atoms with Crippen molar-refractivity contribution in [2.75, 3.05) is 13.2 Å². The molecule has 19 heavy (non-hydrogen) atoms. The second-order valence-corrected chi connectivity index (χ2v) is 4.94. The topological polar surface area (TPSA) is 46.6 Å². The van der Waals surface area contributed by atoms with Crippen molar-refractivity contribution in [2.24, 2.45) is 0 Å². The minimum absolute atomic E-state index is 0.0914. The minimum atomic E-state index is -0.0914. The summed E-state index contributed by atoms with van der Waals surface area (Å²) in [4.78, 5) is 24.2. The van der Waals surface area contributed by atoms with Crippen LogP contribution in [-0.4, -0.2) is 29.9 Å². The van der Waals surface area contributed by atoms with Crippen LogP contribution in [0.5, 0.6) is 5.75 Å². The quantitative estimate of drug-likeness (QED) is 0.780. The molecule has 1 saturated heterocycles. The van der Waals surface area contributed by atoms with Gasteiger partial charge in [-0.15, -0.1) is 0 Å². The molecule has 1 aromatic rings. The number of imide groups is 1. The average molecular weight is 261 g/mol. The number of carbonyl (C=O) groups is 2. The van der Waals surface area contributed by atoms with E-state index in [9.17, 15) is 9.59 Å². The van der Waals surface area contributed by atoms with Crippen LogP contribution in [0.2, 0.25) is 0 Å². The van der Waals surface area contributed by atoms with Crippen LogP contribution in [0, 0.1) is 20.8 Å². The van der Waals surface area contributed by atoms with Crippen LogP contribution in [0.3, 0.4) is 0 Å². The summed E-state index contributed by atoms with van der Waals surface area (Å²) in [6, 6.07) is 4.08. The van der Waals surface area contributed by atoms with E-state index in [0.29, 0.717) is 26.0 Å². The van der Waals surface area contributed by atoms with E-state index in [4.69, 9.17) is 4.74 Å². The van der Waals surface area contributed by atoms with E-state index in [1.54, 1.807) is 0 Å². The van der Waals surface area contributed by atoms with Gasteiger partial charge in [0.25, 0.3) is 0 Å². The average Bonchev–Trinajstić information content (AvgIpc) is 2.69. The van der Waals surface area contributed by atoms with Gasteiger partial charge in [0.2, 0.25) is 11.8 Å². The predicted octanol–water partition coefficient (Wildman–Crippen LogP) is 2.14. The predicted molar refractivity (Wildman–Crippen MR) is 72.1 cm³/mol. The van der Waals surface area contributed by atoms with E-state index in [-0.39, 0.29) is 11.8 Å².